The standard InChI is InChI=1S/C19H19N5O2S/c1-13-4-6-15(7-5-13)22-18(26)24-19-23-16(12-27-19)9-17(25)21-11-14-3-2-8-20-10-14/h2-8,10,12H,9,11H2,1H3,(H,21,25)(H2,22,23,24,26). The lowest BCUT2D eigenvalue weighted by molar-refractivity contribution is -0.120. The van der Waals surface area contributed by atoms with Gasteiger partial charge in [-0.15, -0.1) is 11.3 Å². The zero-order chi connectivity index (χ0) is 19.1. The molecule has 0 aliphatic carbocycles. The number of anilines is 2. The van der Waals surface area contributed by atoms with Crippen LogP contribution in [-0.4, -0.2) is 21.9 Å². The average Bonchev–Trinajstić information content (AvgIpc) is 3.09. The number of pyridine rings is 1. The summed E-state index contributed by atoms with van der Waals surface area (Å²) in [6.07, 6.45) is 3.54. The molecule has 0 aliphatic heterocycles. The monoisotopic (exact) mass is 381 g/mol. The summed E-state index contributed by atoms with van der Waals surface area (Å²) < 4.78 is 0. The lowest BCUT2D eigenvalue weighted by Crippen LogP contribution is -2.24. The molecule has 2 heterocycles. The molecule has 3 amide bonds. The number of aromatic nitrogens is 2. The molecule has 3 N–H and O–H groups in total. The molecule has 0 radical (unpaired) electrons. The molecule has 0 atom stereocenters. The third-order valence-electron chi connectivity index (χ3n) is 3.64. The van der Waals surface area contributed by atoms with E-state index in [0.717, 1.165) is 11.1 Å². The Morgan fingerprint density at radius 2 is 1.93 bits per heavy atom. The van der Waals surface area contributed by atoms with Crippen LogP contribution in [0.3, 0.4) is 0 Å². The molecule has 0 saturated heterocycles. The summed E-state index contributed by atoms with van der Waals surface area (Å²) in [4.78, 5) is 32.3. The SMILES string of the molecule is Cc1ccc(NC(=O)Nc2nc(CC(=O)NCc3cccnc3)cs2)cc1. The van der Waals surface area contributed by atoms with Crippen LogP contribution in [0.2, 0.25) is 0 Å². The third-order valence-corrected chi connectivity index (χ3v) is 4.44. The van der Waals surface area contributed by atoms with Crippen LogP contribution in [0.15, 0.2) is 54.2 Å². The van der Waals surface area contributed by atoms with Gasteiger partial charge >= 0.3 is 6.03 Å². The quantitative estimate of drug-likeness (QED) is 0.610. The zero-order valence-electron chi connectivity index (χ0n) is 14.7. The van der Waals surface area contributed by atoms with Gasteiger partial charge in [0.2, 0.25) is 5.91 Å². The summed E-state index contributed by atoms with van der Waals surface area (Å²) in [5.74, 6) is -0.139. The van der Waals surface area contributed by atoms with E-state index in [-0.39, 0.29) is 18.4 Å². The van der Waals surface area contributed by atoms with E-state index < -0.39 is 0 Å². The van der Waals surface area contributed by atoms with Gasteiger partial charge in [-0.3, -0.25) is 15.1 Å². The number of amides is 3. The molecule has 8 heteroatoms. The number of aryl methyl sites for hydroxylation is 1. The lowest BCUT2D eigenvalue weighted by atomic mass is 10.2. The molecule has 0 fully saturated rings. The van der Waals surface area contributed by atoms with Crippen molar-refractivity contribution in [3.05, 3.63) is 71.0 Å². The Morgan fingerprint density at radius 3 is 2.67 bits per heavy atom. The molecule has 0 bridgehead atoms. The van der Waals surface area contributed by atoms with Crippen molar-refractivity contribution in [3.8, 4) is 0 Å². The largest absolute Gasteiger partial charge is 0.352 e. The van der Waals surface area contributed by atoms with Crippen molar-refractivity contribution in [1.29, 1.82) is 0 Å². The minimum Gasteiger partial charge on any atom is -0.352 e. The Balaban J connectivity index is 1.46. The smallest absolute Gasteiger partial charge is 0.325 e. The zero-order valence-corrected chi connectivity index (χ0v) is 15.5. The van der Waals surface area contributed by atoms with Crippen LogP contribution in [0.5, 0.6) is 0 Å². The fraction of sp³-hybridized carbons (Fsp3) is 0.158. The van der Waals surface area contributed by atoms with E-state index in [2.05, 4.69) is 25.9 Å². The molecular weight excluding hydrogens is 362 g/mol. The van der Waals surface area contributed by atoms with Gasteiger partial charge in [0, 0.05) is 30.0 Å². The van der Waals surface area contributed by atoms with E-state index >= 15 is 0 Å². The number of nitrogens with zero attached hydrogens (tertiary/aromatic N) is 2. The Hall–Kier alpha value is -3.26. The van der Waals surface area contributed by atoms with Gasteiger partial charge in [0.1, 0.15) is 0 Å². The van der Waals surface area contributed by atoms with E-state index in [1.165, 1.54) is 11.3 Å². The van der Waals surface area contributed by atoms with E-state index in [4.69, 9.17) is 0 Å². The second-order valence-corrected chi connectivity index (χ2v) is 6.76. The number of rotatable bonds is 6. The van der Waals surface area contributed by atoms with Crippen LogP contribution in [0, 0.1) is 6.92 Å². The van der Waals surface area contributed by atoms with Crippen LogP contribution in [-0.2, 0) is 17.8 Å². The number of thiazole rings is 1. The molecule has 0 unspecified atom stereocenters. The maximum atomic E-state index is 12.0. The predicted molar refractivity (Wildman–Crippen MR) is 106 cm³/mol. The predicted octanol–water partition coefficient (Wildman–Crippen LogP) is 3.35. The molecule has 0 spiro atoms. The Morgan fingerprint density at radius 1 is 1.11 bits per heavy atom. The summed E-state index contributed by atoms with van der Waals surface area (Å²) in [7, 11) is 0. The fourth-order valence-electron chi connectivity index (χ4n) is 2.27. The Labute approximate surface area is 160 Å². The Kier molecular flexibility index (Phi) is 6.11. The van der Waals surface area contributed by atoms with Crippen molar-refractivity contribution in [2.45, 2.75) is 19.9 Å². The maximum absolute atomic E-state index is 12.0. The molecule has 3 aromatic rings. The van der Waals surface area contributed by atoms with E-state index in [9.17, 15) is 9.59 Å². The maximum Gasteiger partial charge on any atom is 0.325 e. The highest BCUT2D eigenvalue weighted by molar-refractivity contribution is 7.14. The van der Waals surface area contributed by atoms with Crippen LogP contribution >= 0.6 is 11.3 Å². The molecule has 0 saturated carbocycles. The van der Waals surface area contributed by atoms with Crippen molar-refractivity contribution in [2.24, 2.45) is 0 Å². The van der Waals surface area contributed by atoms with Crippen molar-refractivity contribution >= 4 is 34.1 Å². The number of hydrogen-bond acceptors (Lipinski definition) is 5. The van der Waals surface area contributed by atoms with Gasteiger partial charge in [0.05, 0.1) is 12.1 Å². The highest BCUT2D eigenvalue weighted by atomic mass is 32.1. The first-order valence-corrected chi connectivity index (χ1v) is 9.21. The van der Waals surface area contributed by atoms with Crippen LogP contribution < -0.4 is 16.0 Å². The van der Waals surface area contributed by atoms with Gasteiger partial charge in [0.15, 0.2) is 5.13 Å². The number of carbonyl (C=O) groups excluding carboxylic acids is 2. The molecule has 3 rings (SSSR count). The first kappa shape index (κ1) is 18.5. The van der Waals surface area contributed by atoms with Crippen LogP contribution in [0.4, 0.5) is 15.6 Å². The summed E-state index contributed by atoms with van der Waals surface area (Å²) in [5.41, 5.74) is 3.35. The highest BCUT2D eigenvalue weighted by Gasteiger charge is 2.10. The summed E-state index contributed by atoms with van der Waals surface area (Å²) >= 11 is 1.27. The van der Waals surface area contributed by atoms with Crippen molar-refractivity contribution < 1.29 is 9.59 Å². The summed E-state index contributed by atoms with van der Waals surface area (Å²) in [6.45, 7) is 2.40. The van der Waals surface area contributed by atoms with Crippen molar-refractivity contribution in [1.82, 2.24) is 15.3 Å². The van der Waals surface area contributed by atoms with E-state index in [1.807, 2.05) is 43.3 Å². The summed E-state index contributed by atoms with van der Waals surface area (Å²) in [6, 6.07) is 10.8. The molecule has 2 aromatic heterocycles. The number of benzene rings is 1. The second kappa shape index (κ2) is 8.91. The molecule has 27 heavy (non-hydrogen) atoms. The molecule has 138 valence electrons. The van der Waals surface area contributed by atoms with E-state index in [1.54, 1.807) is 17.8 Å². The van der Waals surface area contributed by atoms with Crippen molar-refractivity contribution in [2.75, 3.05) is 10.6 Å². The number of hydrogen-bond donors (Lipinski definition) is 3. The minimum atomic E-state index is -0.374. The van der Waals surface area contributed by atoms with Gasteiger partial charge in [-0.05, 0) is 30.7 Å². The molecule has 0 aliphatic rings. The average molecular weight is 381 g/mol. The number of nitrogens with one attached hydrogen (secondary N) is 3. The lowest BCUT2D eigenvalue weighted by Gasteiger charge is -2.05. The van der Waals surface area contributed by atoms with Gasteiger partial charge in [-0.2, -0.15) is 0 Å². The van der Waals surface area contributed by atoms with Crippen molar-refractivity contribution in [3.63, 3.8) is 0 Å². The first-order valence-electron chi connectivity index (χ1n) is 8.33. The topological polar surface area (TPSA) is 96.0 Å². The number of urea groups is 1. The van der Waals surface area contributed by atoms with Gasteiger partial charge < -0.3 is 10.6 Å². The van der Waals surface area contributed by atoms with Crippen LogP contribution in [0.25, 0.3) is 0 Å². The normalized spacial score (nSPS) is 10.3. The van der Waals surface area contributed by atoms with Gasteiger partial charge in [0.25, 0.3) is 0 Å². The first-order chi connectivity index (χ1) is 13.1. The molecular formula is C19H19N5O2S. The molecule has 7 nitrogen and oxygen atoms in total. The van der Waals surface area contributed by atoms with Gasteiger partial charge in [-0.1, -0.05) is 23.8 Å². The van der Waals surface area contributed by atoms with E-state index in [0.29, 0.717) is 23.1 Å². The molecule has 1 aromatic carbocycles. The Bertz CT molecular complexity index is 909. The van der Waals surface area contributed by atoms with Gasteiger partial charge in [-0.25, -0.2) is 9.78 Å². The number of carbonyl (C=O) groups is 2. The highest BCUT2D eigenvalue weighted by Crippen LogP contribution is 2.16. The minimum absolute atomic E-state index is 0.139. The third kappa shape index (κ3) is 5.89. The second-order valence-electron chi connectivity index (χ2n) is 5.90. The summed E-state index contributed by atoms with van der Waals surface area (Å²) in [5, 5.41) is 10.4. The fourth-order valence-corrected chi connectivity index (χ4v) is 2.98. The van der Waals surface area contributed by atoms with Crippen LogP contribution in [0.1, 0.15) is 16.8 Å².